The second kappa shape index (κ2) is 12.4. The highest BCUT2D eigenvalue weighted by molar-refractivity contribution is 7.80. The third kappa shape index (κ3) is 8.00. The number of ether oxygens (including phenoxy) is 1. The predicted octanol–water partition coefficient (Wildman–Crippen LogP) is 1.09. The van der Waals surface area contributed by atoms with E-state index in [-0.39, 0.29) is 18.0 Å². The lowest BCUT2D eigenvalue weighted by Gasteiger charge is -2.21. The number of amides is 2. The molecule has 2 aromatic carbocycles. The Labute approximate surface area is 190 Å². The molecular formula is C21H24N4O6S. The van der Waals surface area contributed by atoms with Crippen LogP contribution in [-0.4, -0.2) is 40.5 Å². The highest BCUT2D eigenvalue weighted by atomic mass is 32.1. The minimum atomic E-state index is -1.28. The fraction of sp³-hybridized carbons (Fsp3) is 0.286. The smallest absolute Gasteiger partial charge is 0.329 e. The van der Waals surface area contributed by atoms with Crippen molar-refractivity contribution in [1.29, 1.82) is 0 Å². The number of primary amides is 1. The number of hydrogen-bond donors (Lipinski definition) is 4. The average molecular weight is 461 g/mol. The molecule has 2 aromatic rings. The molecule has 0 unspecified atom stereocenters. The summed E-state index contributed by atoms with van der Waals surface area (Å²) in [5.41, 5.74) is 6.58. The molecule has 0 aliphatic rings. The summed E-state index contributed by atoms with van der Waals surface area (Å²) in [6.45, 7) is 0.217. The van der Waals surface area contributed by atoms with Gasteiger partial charge in [-0.3, -0.25) is 19.7 Å². The number of thiol groups is 1. The van der Waals surface area contributed by atoms with Gasteiger partial charge in [-0.05, 0) is 23.3 Å². The molecule has 0 aliphatic carbocycles. The summed E-state index contributed by atoms with van der Waals surface area (Å²) < 4.78 is 5.16. The van der Waals surface area contributed by atoms with Crippen molar-refractivity contribution in [3.63, 3.8) is 0 Å². The number of carbonyl (C=O) groups is 3. The molecule has 10 nitrogen and oxygen atoms in total. The Morgan fingerprint density at radius 3 is 2.25 bits per heavy atom. The van der Waals surface area contributed by atoms with Gasteiger partial charge in [-0.25, -0.2) is 4.79 Å². The molecule has 0 aliphatic heterocycles. The van der Waals surface area contributed by atoms with Crippen LogP contribution in [0.25, 0.3) is 0 Å². The molecule has 0 saturated carbocycles. The van der Waals surface area contributed by atoms with Gasteiger partial charge in [-0.1, -0.05) is 30.3 Å². The van der Waals surface area contributed by atoms with Gasteiger partial charge in [0.1, 0.15) is 12.6 Å². The number of non-ortho nitro benzene ring substituents is 1. The van der Waals surface area contributed by atoms with E-state index in [2.05, 4.69) is 23.3 Å². The van der Waals surface area contributed by atoms with Crippen LogP contribution in [0.5, 0.6) is 0 Å². The normalized spacial score (nSPS) is 12.4. The van der Waals surface area contributed by atoms with E-state index in [0.29, 0.717) is 12.1 Å². The predicted molar refractivity (Wildman–Crippen MR) is 120 cm³/mol. The molecule has 32 heavy (non-hydrogen) atoms. The molecule has 0 radical (unpaired) electrons. The van der Waals surface area contributed by atoms with Gasteiger partial charge in [0.25, 0.3) is 5.69 Å². The maximum absolute atomic E-state index is 12.6. The first-order valence-electron chi connectivity index (χ1n) is 9.67. The Balaban J connectivity index is 1.95. The molecule has 4 N–H and O–H groups in total. The molecule has 11 heteroatoms. The van der Waals surface area contributed by atoms with Gasteiger partial charge in [0.2, 0.25) is 11.8 Å². The molecule has 0 aromatic heterocycles. The van der Waals surface area contributed by atoms with E-state index >= 15 is 0 Å². The molecule has 2 rings (SSSR count). The van der Waals surface area contributed by atoms with Crippen molar-refractivity contribution < 1.29 is 24.0 Å². The molecular weight excluding hydrogens is 436 g/mol. The van der Waals surface area contributed by atoms with Crippen LogP contribution in [0.4, 0.5) is 5.69 Å². The van der Waals surface area contributed by atoms with Gasteiger partial charge in [-0.15, -0.1) is 0 Å². The van der Waals surface area contributed by atoms with Crippen LogP contribution in [0.2, 0.25) is 0 Å². The third-order valence-corrected chi connectivity index (χ3v) is 4.79. The SMILES string of the molecule is NC(=O)C[C@H](NC(=O)[C@H](CS)NCc1ccccc1)C(=O)OCc1ccc([N+](=O)[O-])cc1. The van der Waals surface area contributed by atoms with Crippen LogP contribution in [-0.2, 0) is 32.3 Å². The van der Waals surface area contributed by atoms with Crippen LogP contribution in [0.15, 0.2) is 54.6 Å². The fourth-order valence-corrected chi connectivity index (χ4v) is 3.01. The second-order valence-electron chi connectivity index (χ2n) is 6.86. The number of nitrogens with zero attached hydrogens (tertiary/aromatic N) is 1. The number of nitro benzene ring substituents is 1. The molecule has 0 spiro atoms. The number of carbonyl (C=O) groups excluding carboxylic acids is 3. The minimum Gasteiger partial charge on any atom is -0.459 e. The molecule has 0 saturated heterocycles. The summed E-state index contributed by atoms with van der Waals surface area (Å²) in [5.74, 6) is -2.02. The summed E-state index contributed by atoms with van der Waals surface area (Å²) in [4.78, 5) is 46.6. The Morgan fingerprint density at radius 2 is 1.69 bits per heavy atom. The van der Waals surface area contributed by atoms with Crippen LogP contribution in [0.3, 0.4) is 0 Å². The molecule has 0 fully saturated rings. The highest BCUT2D eigenvalue weighted by Crippen LogP contribution is 2.13. The summed E-state index contributed by atoms with van der Waals surface area (Å²) in [7, 11) is 0. The summed E-state index contributed by atoms with van der Waals surface area (Å²) in [6.07, 6.45) is -0.442. The summed E-state index contributed by atoms with van der Waals surface area (Å²) in [5, 5.41) is 16.2. The molecule has 2 atom stereocenters. The maximum Gasteiger partial charge on any atom is 0.329 e. The Bertz CT molecular complexity index is 939. The van der Waals surface area contributed by atoms with Crippen molar-refractivity contribution in [3.8, 4) is 0 Å². The number of nitro groups is 1. The lowest BCUT2D eigenvalue weighted by Crippen LogP contribution is -2.52. The first kappa shape index (κ1) is 24.8. The van der Waals surface area contributed by atoms with Crippen molar-refractivity contribution >= 4 is 36.1 Å². The minimum absolute atomic E-state index is 0.0975. The molecule has 170 valence electrons. The van der Waals surface area contributed by atoms with Crippen LogP contribution >= 0.6 is 12.6 Å². The van der Waals surface area contributed by atoms with Gasteiger partial charge in [-0.2, -0.15) is 12.6 Å². The molecule has 0 heterocycles. The highest BCUT2D eigenvalue weighted by Gasteiger charge is 2.27. The standard InChI is InChI=1S/C21H24N4O6S/c22-19(26)10-17(21(28)31-12-15-6-8-16(9-7-15)25(29)30)24-20(27)18(13-32)23-11-14-4-2-1-3-5-14/h1-9,17-18,23,32H,10-13H2,(H2,22,26)(H,24,27)/t17-,18-/m0/s1. The monoisotopic (exact) mass is 460 g/mol. The average Bonchev–Trinajstić information content (AvgIpc) is 2.78. The van der Waals surface area contributed by atoms with Crippen molar-refractivity contribution in [1.82, 2.24) is 10.6 Å². The summed E-state index contributed by atoms with van der Waals surface area (Å²) >= 11 is 4.18. The molecule has 0 bridgehead atoms. The van der Waals surface area contributed by atoms with E-state index in [1.807, 2.05) is 30.3 Å². The lowest BCUT2D eigenvalue weighted by atomic mass is 10.1. The van der Waals surface area contributed by atoms with E-state index < -0.39 is 41.2 Å². The zero-order valence-electron chi connectivity index (χ0n) is 17.1. The zero-order chi connectivity index (χ0) is 23.5. The van der Waals surface area contributed by atoms with Crippen molar-refractivity contribution in [2.24, 2.45) is 5.73 Å². The van der Waals surface area contributed by atoms with Crippen LogP contribution in [0.1, 0.15) is 17.5 Å². The van der Waals surface area contributed by atoms with Gasteiger partial charge in [0, 0.05) is 24.4 Å². The van der Waals surface area contributed by atoms with Gasteiger partial charge < -0.3 is 21.1 Å². The second-order valence-corrected chi connectivity index (χ2v) is 7.23. The van der Waals surface area contributed by atoms with Gasteiger partial charge in [0.15, 0.2) is 0 Å². The fourth-order valence-electron chi connectivity index (χ4n) is 2.71. The van der Waals surface area contributed by atoms with Crippen molar-refractivity contribution in [2.45, 2.75) is 31.7 Å². The van der Waals surface area contributed by atoms with Crippen molar-refractivity contribution in [2.75, 3.05) is 5.75 Å². The lowest BCUT2D eigenvalue weighted by molar-refractivity contribution is -0.384. The maximum atomic E-state index is 12.6. The summed E-state index contributed by atoms with van der Waals surface area (Å²) in [6, 6.07) is 12.8. The van der Waals surface area contributed by atoms with E-state index in [0.717, 1.165) is 5.56 Å². The van der Waals surface area contributed by atoms with E-state index in [1.54, 1.807) is 0 Å². The first-order valence-corrected chi connectivity index (χ1v) is 10.3. The number of rotatable bonds is 12. The number of esters is 1. The Hall–Kier alpha value is -3.44. The van der Waals surface area contributed by atoms with Crippen LogP contribution < -0.4 is 16.4 Å². The Morgan fingerprint density at radius 1 is 1.03 bits per heavy atom. The van der Waals surface area contributed by atoms with Crippen LogP contribution in [0, 0.1) is 10.1 Å². The Kier molecular flexibility index (Phi) is 9.64. The number of benzene rings is 2. The third-order valence-electron chi connectivity index (χ3n) is 4.43. The van der Waals surface area contributed by atoms with Gasteiger partial charge in [0.05, 0.1) is 17.4 Å². The van der Waals surface area contributed by atoms with Gasteiger partial charge >= 0.3 is 5.97 Å². The molecule has 2 amide bonds. The topological polar surface area (TPSA) is 154 Å². The number of hydrogen-bond acceptors (Lipinski definition) is 8. The zero-order valence-corrected chi connectivity index (χ0v) is 18.0. The van der Waals surface area contributed by atoms with Crippen molar-refractivity contribution in [3.05, 3.63) is 75.8 Å². The number of nitrogens with one attached hydrogen (secondary N) is 2. The largest absolute Gasteiger partial charge is 0.459 e. The first-order chi connectivity index (χ1) is 15.3. The quantitative estimate of drug-likeness (QED) is 0.160. The van der Waals surface area contributed by atoms with E-state index in [1.165, 1.54) is 24.3 Å². The number of nitrogens with two attached hydrogens (primary N) is 1. The van der Waals surface area contributed by atoms with E-state index in [9.17, 15) is 24.5 Å². The van der Waals surface area contributed by atoms with E-state index in [4.69, 9.17) is 10.5 Å².